The van der Waals surface area contributed by atoms with Crippen LogP contribution in [-0.2, 0) is 13.6 Å². The molecule has 0 saturated carbocycles. The molecule has 4 heteroatoms. The molecule has 0 saturated heterocycles. The van der Waals surface area contributed by atoms with E-state index in [0.717, 1.165) is 6.42 Å². The van der Waals surface area contributed by atoms with Crippen molar-refractivity contribution >= 4 is 0 Å². The Hall–Kier alpha value is -1.19. The van der Waals surface area contributed by atoms with E-state index < -0.39 is 0 Å². The molecule has 1 N–H and O–H groups in total. The van der Waals surface area contributed by atoms with Crippen LogP contribution in [0.15, 0.2) is 11.0 Å². The fourth-order valence-electron chi connectivity index (χ4n) is 1.02. The molecule has 1 heterocycles. The van der Waals surface area contributed by atoms with Gasteiger partial charge in [0.1, 0.15) is 0 Å². The maximum atomic E-state index is 11.1. The van der Waals surface area contributed by atoms with Gasteiger partial charge in [0, 0.05) is 13.6 Å². The summed E-state index contributed by atoms with van der Waals surface area (Å²) in [5.74, 6) is 0.0411. The molecule has 0 amide bonds. The second kappa shape index (κ2) is 2.82. The molecule has 4 nitrogen and oxygen atoms in total. The van der Waals surface area contributed by atoms with Gasteiger partial charge in [-0.3, -0.25) is 9.13 Å². The minimum absolute atomic E-state index is 0.0411. The van der Waals surface area contributed by atoms with E-state index in [-0.39, 0.29) is 11.6 Å². The number of nitrogens with zero attached hydrogens (tertiary/aromatic N) is 2. The molecular weight excluding hydrogens is 144 g/mol. The topological polar surface area (TPSA) is 47.2 Å². The summed E-state index contributed by atoms with van der Waals surface area (Å²) >= 11 is 0. The highest BCUT2D eigenvalue weighted by Gasteiger charge is 2.04. The molecule has 0 aromatic carbocycles. The number of imidazole rings is 1. The molecule has 0 spiro atoms. The lowest BCUT2D eigenvalue weighted by Gasteiger charge is -1.97. The number of aryl methyl sites for hydroxylation is 1. The van der Waals surface area contributed by atoms with Crippen LogP contribution >= 0.6 is 0 Å². The summed E-state index contributed by atoms with van der Waals surface area (Å²) in [6, 6.07) is 0. The molecule has 62 valence electrons. The normalized spacial score (nSPS) is 10.4. The Balaban J connectivity index is 3.12. The number of hydrogen-bond donors (Lipinski definition) is 1. The summed E-state index contributed by atoms with van der Waals surface area (Å²) in [5.41, 5.74) is -0.163. The van der Waals surface area contributed by atoms with Crippen molar-refractivity contribution in [2.45, 2.75) is 19.9 Å². The van der Waals surface area contributed by atoms with Crippen LogP contribution in [0.4, 0.5) is 0 Å². The van der Waals surface area contributed by atoms with E-state index in [1.807, 2.05) is 6.92 Å². The van der Waals surface area contributed by atoms with Gasteiger partial charge in [0.15, 0.2) is 0 Å². The molecule has 0 radical (unpaired) electrons. The average molecular weight is 156 g/mol. The van der Waals surface area contributed by atoms with E-state index in [1.165, 1.54) is 15.3 Å². The minimum Gasteiger partial charge on any atom is -0.493 e. The van der Waals surface area contributed by atoms with E-state index in [4.69, 9.17) is 0 Å². The third-order valence-corrected chi connectivity index (χ3v) is 1.57. The first-order valence-corrected chi connectivity index (χ1v) is 3.62. The van der Waals surface area contributed by atoms with Crippen LogP contribution in [0.2, 0.25) is 0 Å². The fourth-order valence-corrected chi connectivity index (χ4v) is 1.02. The van der Waals surface area contributed by atoms with E-state index in [0.29, 0.717) is 6.54 Å². The molecule has 0 aliphatic carbocycles. The Morgan fingerprint density at radius 1 is 1.64 bits per heavy atom. The van der Waals surface area contributed by atoms with Gasteiger partial charge in [-0.15, -0.1) is 0 Å². The van der Waals surface area contributed by atoms with Gasteiger partial charge in [0.2, 0.25) is 5.88 Å². The van der Waals surface area contributed by atoms with E-state index >= 15 is 0 Å². The molecular formula is C7H12N2O2. The Labute approximate surface area is 64.7 Å². The molecule has 0 atom stereocenters. The average Bonchev–Trinajstić information content (AvgIpc) is 2.17. The standard InChI is InChI=1S/C7H12N2O2/c1-3-4-9-6(10)5-8(2)7(9)11/h5,10H,3-4H2,1-2H3. The van der Waals surface area contributed by atoms with Gasteiger partial charge < -0.3 is 5.11 Å². The van der Waals surface area contributed by atoms with Gasteiger partial charge in [-0.25, -0.2) is 4.79 Å². The SMILES string of the molecule is CCCn1c(O)cn(C)c1=O. The first-order valence-electron chi connectivity index (χ1n) is 3.62. The zero-order valence-electron chi connectivity index (χ0n) is 6.74. The molecule has 0 aliphatic rings. The zero-order valence-corrected chi connectivity index (χ0v) is 6.74. The number of aromatic hydroxyl groups is 1. The van der Waals surface area contributed by atoms with Crippen molar-refractivity contribution in [2.75, 3.05) is 0 Å². The van der Waals surface area contributed by atoms with Gasteiger partial charge in [-0.2, -0.15) is 0 Å². The molecule has 1 rings (SSSR count). The predicted octanol–water partition coefficient (Wildman–Crippen LogP) is 0.302. The Morgan fingerprint density at radius 2 is 2.27 bits per heavy atom. The molecule has 0 bridgehead atoms. The number of aromatic nitrogens is 2. The largest absolute Gasteiger partial charge is 0.493 e. The van der Waals surface area contributed by atoms with Gasteiger partial charge in [0.25, 0.3) is 0 Å². The monoisotopic (exact) mass is 156 g/mol. The molecule has 11 heavy (non-hydrogen) atoms. The van der Waals surface area contributed by atoms with Crippen LogP contribution in [0.3, 0.4) is 0 Å². The van der Waals surface area contributed by atoms with Crippen molar-refractivity contribution < 1.29 is 5.11 Å². The lowest BCUT2D eigenvalue weighted by atomic mass is 10.5. The second-order valence-corrected chi connectivity index (χ2v) is 2.53. The second-order valence-electron chi connectivity index (χ2n) is 2.53. The first-order chi connectivity index (χ1) is 5.16. The molecule has 0 aliphatic heterocycles. The quantitative estimate of drug-likeness (QED) is 0.669. The van der Waals surface area contributed by atoms with Crippen LogP contribution in [-0.4, -0.2) is 14.2 Å². The maximum Gasteiger partial charge on any atom is 0.330 e. The summed E-state index contributed by atoms with van der Waals surface area (Å²) in [4.78, 5) is 11.1. The van der Waals surface area contributed by atoms with Gasteiger partial charge in [0.05, 0.1) is 6.20 Å². The number of rotatable bonds is 2. The van der Waals surface area contributed by atoms with Crippen molar-refractivity contribution in [2.24, 2.45) is 7.05 Å². The highest BCUT2D eigenvalue weighted by Crippen LogP contribution is 2.04. The van der Waals surface area contributed by atoms with Gasteiger partial charge >= 0.3 is 5.69 Å². The molecule has 0 unspecified atom stereocenters. The summed E-state index contributed by atoms with van der Waals surface area (Å²) in [6.45, 7) is 2.53. The van der Waals surface area contributed by atoms with Gasteiger partial charge in [-0.1, -0.05) is 6.92 Å². The third kappa shape index (κ3) is 1.29. The fraction of sp³-hybridized carbons (Fsp3) is 0.571. The highest BCUT2D eigenvalue weighted by molar-refractivity contribution is 5.04. The third-order valence-electron chi connectivity index (χ3n) is 1.57. The molecule has 1 aromatic heterocycles. The van der Waals surface area contributed by atoms with E-state index in [1.54, 1.807) is 7.05 Å². The minimum atomic E-state index is -0.163. The van der Waals surface area contributed by atoms with Crippen LogP contribution < -0.4 is 5.69 Å². The van der Waals surface area contributed by atoms with Crippen LogP contribution in [0.1, 0.15) is 13.3 Å². The van der Waals surface area contributed by atoms with Gasteiger partial charge in [-0.05, 0) is 6.42 Å². The molecule has 1 aromatic rings. The summed E-state index contributed by atoms with van der Waals surface area (Å²) in [7, 11) is 1.62. The lowest BCUT2D eigenvalue weighted by Crippen LogP contribution is -2.21. The summed E-state index contributed by atoms with van der Waals surface area (Å²) < 4.78 is 2.71. The highest BCUT2D eigenvalue weighted by atomic mass is 16.3. The molecule has 0 fully saturated rings. The number of hydrogen-bond acceptors (Lipinski definition) is 2. The van der Waals surface area contributed by atoms with Crippen molar-refractivity contribution in [3.05, 3.63) is 16.7 Å². The predicted molar refractivity (Wildman–Crippen MR) is 41.6 cm³/mol. The smallest absolute Gasteiger partial charge is 0.330 e. The zero-order chi connectivity index (χ0) is 8.43. The maximum absolute atomic E-state index is 11.1. The Morgan fingerprint density at radius 3 is 2.64 bits per heavy atom. The van der Waals surface area contributed by atoms with Crippen LogP contribution in [0.5, 0.6) is 5.88 Å². The van der Waals surface area contributed by atoms with Crippen molar-refractivity contribution in [3.63, 3.8) is 0 Å². The van der Waals surface area contributed by atoms with E-state index in [2.05, 4.69) is 0 Å². The van der Waals surface area contributed by atoms with E-state index in [9.17, 15) is 9.90 Å². The Bertz CT molecular complexity index is 298. The van der Waals surface area contributed by atoms with Crippen molar-refractivity contribution in [1.29, 1.82) is 0 Å². The van der Waals surface area contributed by atoms with Crippen molar-refractivity contribution in [3.8, 4) is 5.88 Å². The van der Waals surface area contributed by atoms with Crippen molar-refractivity contribution in [1.82, 2.24) is 9.13 Å². The summed E-state index contributed by atoms with van der Waals surface area (Å²) in [5, 5.41) is 9.19. The first kappa shape index (κ1) is 7.91. The van der Waals surface area contributed by atoms with Crippen LogP contribution in [0, 0.1) is 0 Å². The lowest BCUT2D eigenvalue weighted by molar-refractivity contribution is 0.412. The Kier molecular flexibility index (Phi) is 2.03. The van der Waals surface area contributed by atoms with Crippen LogP contribution in [0.25, 0.3) is 0 Å². The summed E-state index contributed by atoms with van der Waals surface area (Å²) in [6.07, 6.45) is 2.26.